The van der Waals surface area contributed by atoms with Crippen LogP contribution in [-0.2, 0) is 14.8 Å². The van der Waals surface area contributed by atoms with Crippen LogP contribution >= 0.6 is 11.3 Å². The van der Waals surface area contributed by atoms with E-state index >= 15 is 0 Å². The number of hydrogen-bond donors (Lipinski definition) is 1. The second-order valence-electron chi connectivity index (χ2n) is 9.19. The molecular formula is C27H30N2O5S2. The van der Waals surface area contributed by atoms with Crippen LogP contribution in [0.3, 0.4) is 0 Å². The summed E-state index contributed by atoms with van der Waals surface area (Å²) in [6.45, 7) is 7.05. The lowest BCUT2D eigenvalue weighted by Gasteiger charge is -2.34. The number of rotatable bonds is 7. The third-order valence-corrected chi connectivity index (χ3v) is 9.10. The van der Waals surface area contributed by atoms with E-state index in [0.717, 1.165) is 16.9 Å². The molecule has 1 aliphatic heterocycles. The largest absolute Gasteiger partial charge is 0.462 e. The molecule has 1 aliphatic rings. The number of carbonyl (C=O) groups excluding carboxylic acids is 2. The van der Waals surface area contributed by atoms with Gasteiger partial charge in [0.15, 0.2) is 0 Å². The third-order valence-electron chi connectivity index (χ3n) is 6.09. The van der Waals surface area contributed by atoms with E-state index in [2.05, 4.69) is 19.2 Å². The van der Waals surface area contributed by atoms with E-state index in [0.29, 0.717) is 35.5 Å². The van der Waals surface area contributed by atoms with E-state index in [1.807, 2.05) is 30.3 Å². The van der Waals surface area contributed by atoms with Crippen LogP contribution in [0.25, 0.3) is 10.4 Å². The molecule has 1 amide bonds. The number of piperidine rings is 1. The highest BCUT2D eigenvalue weighted by atomic mass is 32.2. The first-order chi connectivity index (χ1) is 17.2. The Morgan fingerprint density at radius 2 is 1.67 bits per heavy atom. The first-order valence-corrected chi connectivity index (χ1v) is 14.2. The summed E-state index contributed by atoms with van der Waals surface area (Å²) in [6.07, 6.45) is 1.01. The van der Waals surface area contributed by atoms with Crippen LogP contribution in [0.1, 0.15) is 47.2 Å². The Morgan fingerprint density at radius 3 is 2.28 bits per heavy atom. The number of hydrogen-bond acceptors (Lipinski definition) is 6. The highest BCUT2D eigenvalue weighted by Gasteiger charge is 2.31. The summed E-state index contributed by atoms with van der Waals surface area (Å²) in [5.74, 6) is -0.351. The SMILES string of the molecule is CCOC(=O)c1sc(-c2ccccc2)cc1NC(=O)c1ccc(S(=O)(=O)N2CC(C)CC(C)C2)cc1. The summed E-state index contributed by atoms with van der Waals surface area (Å²) in [7, 11) is -3.64. The van der Waals surface area contributed by atoms with Gasteiger partial charge < -0.3 is 10.1 Å². The molecule has 1 N–H and O–H groups in total. The van der Waals surface area contributed by atoms with Crippen LogP contribution in [0.2, 0.25) is 0 Å². The molecule has 1 aromatic heterocycles. The van der Waals surface area contributed by atoms with Crippen LogP contribution in [-0.4, -0.2) is 44.3 Å². The number of nitrogens with zero attached hydrogens (tertiary/aromatic N) is 1. The van der Waals surface area contributed by atoms with E-state index in [9.17, 15) is 18.0 Å². The number of sulfonamides is 1. The van der Waals surface area contributed by atoms with Gasteiger partial charge in [0.1, 0.15) is 4.88 Å². The Bertz CT molecular complexity index is 1320. The fourth-order valence-corrected chi connectivity index (χ4v) is 7.19. The van der Waals surface area contributed by atoms with E-state index in [1.54, 1.807) is 13.0 Å². The maximum atomic E-state index is 13.1. The van der Waals surface area contributed by atoms with Gasteiger partial charge in [-0.3, -0.25) is 4.79 Å². The average Bonchev–Trinajstić information content (AvgIpc) is 3.28. The molecule has 1 saturated heterocycles. The number of anilines is 1. The summed E-state index contributed by atoms with van der Waals surface area (Å²) in [6, 6.07) is 17.2. The Morgan fingerprint density at radius 1 is 1.03 bits per heavy atom. The predicted octanol–water partition coefficient (Wildman–Crippen LogP) is 5.51. The van der Waals surface area contributed by atoms with Crippen LogP contribution in [0.15, 0.2) is 65.6 Å². The van der Waals surface area contributed by atoms with E-state index in [1.165, 1.54) is 39.9 Å². The van der Waals surface area contributed by atoms with Crippen molar-refractivity contribution in [1.29, 1.82) is 0 Å². The highest BCUT2D eigenvalue weighted by molar-refractivity contribution is 7.89. The van der Waals surface area contributed by atoms with Gasteiger partial charge in [0, 0.05) is 23.5 Å². The topological polar surface area (TPSA) is 92.8 Å². The molecule has 2 heterocycles. The third kappa shape index (κ3) is 5.69. The van der Waals surface area contributed by atoms with Crippen molar-refractivity contribution in [2.75, 3.05) is 25.0 Å². The molecule has 36 heavy (non-hydrogen) atoms. The van der Waals surface area contributed by atoms with E-state index in [-0.39, 0.29) is 17.1 Å². The normalized spacial score (nSPS) is 18.5. The van der Waals surface area contributed by atoms with Crippen molar-refractivity contribution >= 4 is 38.9 Å². The van der Waals surface area contributed by atoms with Gasteiger partial charge in [-0.1, -0.05) is 44.2 Å². The quantitative estimate of drug-likeness (QED) is 0.410. The molecule has 3 aromatic rings. The number of thiophene rings is 1. The standard InChI is InChI=1S/C27H30N2O5S2/c1-4-34-27(31)25-23(15-24(35-25)20-8-6-5-7-9-20)28-26(30)21-10-12-22(13-11-21)36(32,33)29-16-18(2)14-19(3)17-29/h5-13,15,18-19H,4,14,16-17H2,1-3H3,(H,28,30). The fourth-order valence-electron chi connectivity index (χ4n) is 4.50. The molecule has 4 rings (SSSR count). The van der Waals surface area contributed by atoms with Gasteiger partial charge in [-0.25, -0.2) is 13.2 Å². The molecule has 2 atom stereocenters. The zero-order chi connectivity index (χ0) is 25.9. The van der Waals surface area contributed by atoms with Gasteiger partial charge in [0.25, 0.3) is 5.91 Å². The highest BCUT2D eigenvalue weighted by Crippen LogP contribution is 2.35. The summed E-state index contributed by atoms with van der Waals surface area (Å²) in [5.41, 5.74) is 1.57. The lowest BCUT2D eigenvalue weighted by Crippen LogP contribution is -2.42. The lowest BCUT2D eigenvalue weighted by molar-refractivity contribution is 0.0533. The van der Waals surface area contributed by atoms with Crippen molar-refractivity contribution in [2.24, 2.45) is 11.8 Å². The van der Waals surface area contributed by atoms with Crippen molar-refractivity contribution in [3.63, 3.8) is 0 Å². The molecule has 0 bridgehead atoms. The van der Waals surface area contributed by atoms with E-state index < -0.39 is 21.9 Å². The van der Waals surface area contributed by atoms with Gasteiger partial charge in [-0.2, -0.15) is 4.31 Å². The number of benzene rings is 2. The molecular weight excluding hydrogens is 496 g/mol. The maximum absolute atomic E-state index is 13.1. The number of ether oxygens (including phenoxy) is 1. The van der Waals surface area contributed by atoms with E-state index in [4.69, 9.17) is 4.74 Å². The number of nitrogens with one attached hydrogen (secondary N) is 1. The van der Waals surface area contributed by atoms with Gasteiger partial charge in [0.05, 0.1) is 17.2 Å². The van der Waals surface area contributed by atoms with Crippen molar-refractivity contribution in [2.45, 2.75) is 32.1 Å². The van der Waals surface area contributed by atoms with Gasteiger partial charge in [0.2, 0.25) is 10.0 Å². The molecule has 0 aliphatic carbocycles. The van der Waals surface area contributed by atoms with Crippen molar-refractivity contribution in [3.05, 3.63) is 71.1 Å². The molecule has 0 radical (unpaired) electrons. The summed E-state index contributed by atoms with van der Waals surface area (Å²) < 4.78 is 33.0. The van der Waals surface area contributed by atoms with Crippen LogP contribution in [0.5, 0.6) is 0 Å². The molecule has 7 nitrogen and oxygen atoms in total. The number of esters is 1. The Hall–Kier alpha value is -3.01. The van der Waals surface area contributed by atoms with Crippen LogP contribution in [0, 0.1) is 11.8 Å². The fraction of sp³-hybridized carbons (Fsp3) is 0.333. The van der Waals surface area contributed by atoms with Crippen molar-refractivity contribution in [1.82, 2.24) is 4.31 Å². The molecule has 1 fully saturated rings. The first kappa shape index (κ1) is 26.1. The minimum absolute atomic E-state index is 0.162. The van der Waals surface area contributed by atoms with Crippen molar-refractivity contribution in [3.8, 4) is 10.4 Å². The maximum Gasteiger partial charge on any atom is 0.350 e. The minimum atomic E-state index is -3.64. The molecule has 0 saturated carbocycles. The molecule has 2 unspecified atom stereocenters. The Kier molecular flexibility index (Phi) is 7.92. The summed E-state index contributed by atoms with van der Waals surface area (Å²) >= 11 is 1.25. The second-order valence-corrected chi connectivity index (χ2v) is 12.2. The zero-order valence-corrected chi connectivity index (χ0v) is 22.2. The van der Waals surface area contributed by atoms with Crippen LogP contribution < -0.4 is 5.32 Å². The predicted molar refractivity (Wildman–Crippen MR) is 142 cm³/mol. The first-order valence-electron chi connectivity index (χ1n) is 12.0. The average molecular weight is 527 g/mol. The smallest absolute Gasteiger partial charge is 0.350 e. The van der Waals surface area contributed by atoms with Gasteiger partial charge >= 0.3 is 5.97 Å². The molecule has 2 aromatic carbocycles. The molecule has 0 spiro atoms. The van der Waals surface area contributed by atoms with Gasteiger partial charge in [-0.05, 0) is 61.1 Å². The van der Waals surface area contributed by atoms with Crippen LogP contribution in [0.4, 0.5) is 5.69 Å². The second kappa shape index (κ2) is 10.9. The van der Waals surface area contributed by atoms with Crippen molar-refractivity contribution < 1.29 is 22.7 Å². The number of amides is 1. The number of carbonyl (C=O) groups is 2. The Labute approximate surface area is 216 Å². The lowest BCUT2D eigenvalue weighted by atomic mass is 9.94. The summed E-state index contributed by atoms with van der Waals surface area (Å²) in [5, 5.41) is 2.80. The summed E-state index contributed by atoms with van der Waals surface area (Å²) in [4.78, 5) is 26.9. The Balaban J connectivity index is 1.55. The monoisotopic (exact) mass is 526 g/mol. The minimum Gasteiger partial charge on any atom is -0.462 e. The molecule has 9 heteroatoms. The van der Waals surface area contributed by atoms with Gasteiger partial charge in [-0.15, -0.1) is 11.3 Å². The zero-order valence-electron chi connectivity index (χ0n) is 20.6. The molecule has 190 valence electrons.